The molecule has 6 nitrogen and oxygen atoms in total. The summed E-state index contributed by atoms with van der Waals surface area (Å²) in [6, 6.07) is 12.8. The molecule has 0 aliphatic heterocycles. The smallest absolute Gasteiger partial charge is 0.406 e. The second-order valence-electron chi connectivity index (χ2n) is 7.71. The summed E-state index contributed by atoms with van der Waals surface area (Å²) >= 11 is 6.11. The molecule has 0 spiro atoms. The molecule has 1 aromatic heterocycles. The zero-order valence-electron chi connectivity index (χ0n) is 18.5. The Labute approximate surface area is 195 Å². The highest BCUT2D eigenvalue weighted by atomic mass is 35.5. The third-order valence-electron chi connectivity index (χ3n) is 4.59. The van der Waals surface area contributed by atoms with Gasteiger partial charge in [0.15, 0.2) is 0 Å². The lowest BCUT2D eigenvalue weighted by molar-refractivity contribution is -0.274. The topological polar surface area (TPSA) is 62.3 Å². The monoisotopic (exact) mass is 479 g/mol. The molecule has 3 rings (SSSR count). The van der Waals surface area contributed by atoms with E-state index in [1.54, 1.807) is 18.2 Å². The van der Waals surface area contributed by atoms with Gasteiger partial charge in [0.25, 0.3) is 0 Å². The van der Waals surface area contributed by atoms with Gasteiger partial charge in [-0.15, -0.1) is 13.2 Å². The molecule has 0 saturated carbocycles. The number of alkyl halides is 3. The summed E-state index contributed by atoms with van der Waals surface area (Å²) in [5.41, 5.74) is 2.58. The summed E-state index contributed by atoms with van der Waals surface area (Å²) in [5, 5.41) is 7.05. The first-order chi connectivity index (χ1) is 15.6. The van der Waals surface area contributed by atoms with Crippen molar-refractivity contribution in [3.63, 3.8) is 0 Å². The van der Waals surface area contributed by atoms with Crippen molar-refractivity contribution in [2.24, 2.45) is 0 Å². The fourth-order valence-electron chi connectivity index (χ4n) is 3.06. The molecule has 0 amide bonds. The first-order valence-corrected chi connectivity index (χ1v) is 10.6. The van der Waals surface area contributed by atoms with E-state index in [9.17, 15) is 13.2 Å². The molecule has 0 aliphatic rings. The van der Waals surface area contributed by atoms with Crippen LogP contribution in [0.25, 0.3) is 11.3 Å². The summed E-state index contributed by atoms with van der Waals surface area (Å²) in [6.07, 6.45) is -3.91. The number of anilines is 3. The number of ether oxygens (including phenoxy) is 1. The van der Waals surface area contributed by atoms with Crippen molar-refractivity contribution in [2.75, 3.05) is 37.8 Å². The van der Waals surface area contributed by atoms with Gasteiger partial charge in [-0.05, 0) is 69.9 Å². The Balaban J connectivity index is 1.91. The van der Waals surface area contributed by atoms with Gasteiger partial charge in [-0.2, -0.15) is 4.98 Å². The molecule has 2 aromatic carbocycles. The van der Waals surface area contributed by atoms with Crippen molar-refractivity contribution in [1.29, 1.82) is 0 Å². The van der Waals surface area contributed by atoms with Gasteiger partial charge in [-0.1, -0.05) is 23.7 Å². The van der Waals surface area contributed by atoms with Crippen LogP contribution in [-0.4, -0.2) is 48.4 Å². The van der Waals surface area contributed by atoms with Gasteiger partial charge >= 0.3 is 6.36 Å². The summed E-state index contributed by atoms with van der Waals surface area (Å²) in [5.74, 6) is 0.530. The first kappa shape index (κ1) is 24.6. The van der Waals surface area contributed by atoms with Crippen LogP contribution >= 0.6 is 11.6 Å². The van der Waals surface area contributed by atoms with Crippen LogP contribution in [0.4, 0.5) is 30.6 Å². The Kier molecular flexibility index (Phi) is 7.99. The summed E-state index contributed by atoms with van der Waals surface area (Å²) in [6.45, 7) is 3.42. The maximum absolute atomic E-state index is 12.7. The number of nitrogens with zero attached hydrogens (tertiary/aromatic N) is 3. The van der Waals surface area contributed by atoms with E-state index in [-0.39, 0.29) is 5.75 Å². The van der Waals surface area contributed by atoms with Crippen LogP contribution in [-0.2, 0) is 0 Å². The van der Waals surface area contributed by atoms with Gasteiger partial charge in [-0.3, -0.25) is 0 Å². The largest absolute Gasteiger partial charge is 0.573 e. The van der Waals surface area contributed by atoms with Crippen LogP contribution in [0.5, 0.6) is 5.75 Å². The van der Waals surface area contributed by atoms with Crippen molar-refractivity contribution >= 4 is 29.1 Å². The highest BCUT2D eigenvalue weighted by Crippen LogP contribution is 2.30. The molecule has 10 heteroatoms. The van der Waals surface area contributed by atoms with E-state index < -0.39 is 6.36 Å². The van der Waals surface area contributed by atoms with E-state index in [2.05, 4.69) is 30.2 Å². The van der Waals surface area contributed by atoms with Gasteiger partial charge in [0, 0.05) is 28.9 Å². The number of aromatic nitrogens is 2. The average Bonchev–Trinajstić information content (AvgIpc) is 2.73. The van der Waals surface area contributed by atoms with Crippen LogP contribution in [0.3, 0.4) is 0 Å². The number of halogens is 4. The summed E-state index contributed by atoms with van der Waals surface area (Å²) < 4.78 is 42.0. The lowest BCUT2D eigenvalue weighted by atomic mass is 10.1. The van der Waals surface area contributed by atoms with Gasteiger partial charge < -0.3 is 20.3 Å². The van der Waals surface area contributed by atoms with Crippen LogP contribution < -0.4 is 15.4 Å². The maximum atomic E-state index is 12.7. The van der Waals surface area contributed by atoms with Crippen LogP contribution in [0.2, 0.25) is 5.02 Å². The average molecular weight is 480 g/mol. The second kappa shape index (κ2) is 10.7. The normalized spacial score (nSPS) is 11.5. The number of rotatable bonds is 9. The molecule has 0 bridgehead atoms. The highest BCUT2D eigenvalue weighted by Gasteiger charge is 2.31. The molecule has 3 aromatic rings. The van der Waals surface area contributed by atoms with E-state index >= 15 is 0 Å². The molecule has 33 heavy (non-hydrogen) atoms. The molecule has 0 radical (unpaired) electrons. The minimum atomic E-state index is -4.78. The SMILES string of the molecule is Cc1cc(Nc2cc(-c3cccc(OC(F)(F)F)c3)nc(NCCCN(C)C)n2)ccc1Cl. The van der Waals surface area contributed by atoms with E-state index in [1.807, 2.05) is 33.2 Å². The van der Waals surface area contributed by atoms with Gasteiger partial charge in [0.1, 0.15) is 11.6 Å². The van der Waals surface area contributed by atoms with Crippen molar-refractivity contribution in [3.8, 4) is 17.0 Å². The van der Waals surface area contributed by atoms with Crippen molar-refractivity contribution in [1.82, 2.24) is 14.9 Å². The molecule has 0 aliphatic carbocycles. The van der Waals surface area contributed by atoms with E-state index in [0.29, 0.717) is 34.6 Å². The highest BCUT2D eigenvalue weighted by molar-refractivity contribution is 6.31. The zero-order chi connectivity index (χ0) is 24.0. The Bertz CT molecular complexity index is 1090. The van der Waals surface area contributed by atoms with E-state index in [1.165, 1.54) is 18.2 Å². The van der Waals surface area contributed by atoms with Gasteiger partial charge in [-0.25, -0.2) is 4.98 Å². The molecule has 176 valence electrons. The zero-order valence-corrected chi connectivity index (χ0v) is 19.3. The fourth-order valence-corrected chi connectivity index (χ4v) is 3.17. The Morgan fingerprint density at radius 3 is 2.55 bits per heavy atom. The number of hydrogen-bond donors (Lipinski definition) is 2. The summed E-state index contributed by atoms with van der Waals surface area (Å²) in [4.78, 5) is 11.1. The molecule has 0 unspecified atom stereocenters. The lowest BCUT2D eigenvalue weighted by Gasteiger charge is -2.14. The maximum Gasteiger partial charge on any atom is 0.573 e. The number of hydrogen-bond acceptors (Lipinski definition) is 6. The van der Waals surface area contributed by atoms with Crippen molar-refractivity contribution < 1.29 is 17.9 Å². The third kappa shape index (κ3) is 7.80. The molecular formula is C23H25ClF3N5O. The van der Waals surface area contributed by atoms with Gasteiger partial charge in [0.2, 0.25) is 5.95 Å². The predicted molar refractivity (Wildman–Crippen MR) is 125 cm³/mol. The lowest BCUT2D eigenvalue weighted by Crippen LogP contribution is -2.17. The number of aryl methyl sites for hydroxylation is 1. The van der Waals surface area contributed by atoms with Crippen molar-refractivity contribution in [2.45, 2.75) is 19.7 Å². The molecule has 0 saturated heterocycles. The molecular weight excluding hydrogens is 455 g/mol. The Morgan fingerprint density at radius 1 is 1.06 bits per heavy atom. The van der Waals surface area contributed by atoms with Gasteiger partial charge in [0.05, 0.1) is 5.69 Å². The second-order valence-corrected chi connectivity index (χ2v) is 8.12. The number of nitrogens with one attached hydrogen (secondary N) is 2. The number of benzene rings is 2. The van der Waals surface area contributed by atoms with E-state index in [4.69, 9.17) is 11.6 Å². The Morgan fingerprint density at radius 2 is 1.85 bits per heavy atom. The minimum Gasteiger partial charge on any atom is -0.406 e. The predicted octanol–water partition coefficient (Wildman–Crippen LogP) is 6.11. The molecule has 1 heterocycles. The quantitative estimate of drug-likeness (QED) is 0.361. The first-order valence-electron chi connectivity index (χ1n) is 10.3. The minimum absolute atomic E-state index is 0.318. The molecule has 0 atom stereocenters. The Hall–Kier alpha value is -3.04. The fraction of sp³-hybridized carbons (Fsp3) is 0.304. The summed E-state index contributed by atoms with van der Waals surface area (Å²) in [7, 11) is 3.98. The van der Waals surface area contributed by atoms with Crippen molar-refractivity contribution in [3.05, 3.63) is 59.1 Å². The van der Waals surface area contributed by atoms with Crippen LogP contribution in [0.1, 0.15) is 12.0 Å². The molecule has 2 N–H and O–H groups in total. The standard InChI is InChI=1S/C23H25ClF3N5O/c1-15-12-17(8-9-19(15)24)29-21-14-20(30-22(31-21)28-10-5-11-32(2)3)16-6-4-7-18(13-16)33-23(25,26)27/h4,6-9,12-14H,5,10-11H2,1-3H3,(H2,28,29,30,31). The van der Waals surface area contributed by atoms with E-state index in [0.717, 1.165) is 24.2 Å². The van der Waals surface area contributed by atoms with Crippen LogP contribution in [0, 0.1) is 6.92 Å². The molecule has 0 fully saturated rings. The van der Waals surface area contributed by atoms with Crippen LogP contribution in [0.15, 0.2) is 48.5 Å². The third-order valence-corrected chi connectivity index (χ3v) is 5.01.